The van der Waals surface area contributed by atoms with Crippen LogP contribution in [0.1, 0.15) is 0 Å². The van der Waals surface area contributed by atoms with E-state index in [1.54, 1.807) is 13.3 Å². The first-order valence-electron chi connectivity index (χ1n) is 5.30. The number of hydrogen-bond acceptors (Lipinski definition) is 4. The van der Waals surface area contributed by atoms with Gasteiger partial charge < -0.3 is 17.1 Å². The molecule has 1 aromatic carbocycles. The van der Waals surface area contributed by atoms with Gasteiger partial charge in [-0.1, -0.05) is 12.1 Å². The second-order valence-corrected chi connectivity index (χ2v) is 5.06. The minimum Gasteiger partial charge on any atom is -0.540 e. The summed E-state index contributed by atoms with van der Waals surface area (Å²) in [5.74, 6) is 0.810. The zero-order valence-corrected chi connectivity index (χ0v) is 15.1. The molecule has 2 aromatic rings. The van der Waals surface area contributed by atoms with Gasteiger partial charge in [-0.3, -0.25) is 4.55 Å². The summed E-state index contributed by atoms with van der Waals surface area (Å²) in [7, 11) is -2.02. The van der Waals surface area contributed by atoms with Gasteiger partial charge in [0.15, 0.2) is 0 Å². The molecule has 119 valence electrons. The molecule has 1 heterocycles. The number of nitrogens with zero attached hydrogens (tertiary/aromatic N) is 1. The van der Waals surface area contributed by atoms with Crippen LogP contribution >= 0.6 is 0 Å². The van der Waals surface area contributed by atoms with E-state index in [1.807, 2.05) is 36.4 Å². The zero-order valence-electron chi connectivity index (χ0n) is 11.9. The maximum atomic E-state index is 9.19. The molecule has 0 aliphatic heterocycles. The molecule has 5 nitrogen and oxygen atoms in total. The number of ether oxygens (including phenoxy) is 1. The van der Waals surface area contributed by atoms with Crippen molar-refractivity contribution in [2.75, 3.05) is 13.4 Å². The molecular weight excluding hydrogens is 470 g/mol. The minimum absolute atomic E-state index is 0. The largest absolute Gasteiger partial charge is 0.540 e. The predicted octanol–water partition coefficient (Wildman–Crippen LogP) is 2.51. The van der Waals surface area contributed by atoms with Crippen molar-refractivity contribution in [1.29, 1.82) is 0 Å². The molecule has 0 bridgehead atoms. The van der Waals surface area contributed by atoms with Gasteiger partial charge in [-0.25, -0.2) is 0 Å². The SMILES string of the molecule is COc1c[c-]c(-c2ccccn2)cc1.CS(=O)(=O)O.[CH3-].[Ir]. The molecule has 0 fully saturated rings. The Bertz CT molecular complexity index is 593. The number of pyridine rings is 1. The van der Waals surface area contributed by atoms with Crippen molar-refractivity contribution in [3.8, 4) is 17.0 Å². The van der Waals surface area contributed by atoms with Crippen LogP contribution in [0.25, 0.3) is 11.3 Å². The van der Waals surface area contributed by atoms with Crippen molar-refractivity contribution in [2.45, 2.75) is 0 Å². The number of methoxy groups -OCH3 is 1. The summed E-state index contributed by atoms with van der Waals surface area (Å²) in [5.41, 5.74) is 1.90. The summed E-state index contributed by atoms with van der Waals surface area (Å²) in [5, 5.41) is 0. The quantitative estimate of drug-likeness (QED) is 0.521. The number of hydrogen-bond donors (Lipinski definition) is 1. The van der Waals surface area contributed by atoms with Crippen LogP contribution in [-0.2, 0) is 30.2 Å². The smallest absolute Gasteiger partial charge is 0.261 e. The normalized spacial score (nSPS) is 9.29. The first-order valence-corrected chi connectivity index (χ1v) is 7.14. The van der Waals surface area contributed by atoms with E-state index < -0.39 is 10.1 Å². The molecule has 0 unspecified atom stereocenters. The van der Waals surface area contributed by atoms with Crippen LogP contribution in [0.4, 0.5) is 0 Å². The van der Waals surface area contributed by atoms with Crippen LogP contribution in [0.5, 0.6) is 5.75 Å². The molecule has 1 radical (unpaired) electrons. The predicted molar refractivity (Wildman–Crippen MR) is 78.9 cm³/mol. The van der Waals surface area contributed by atoms with E-state index in [2.05, 4.69) is 11.1 Å². The van der Waals surface area contributed by atoms with Crippen molar-refractivity contribution >= 4 is 10.1 Å². The Labute approximate surface area is 139 Å². The fourth-order valence-corrected chi connectivity index (χ4v) is 1.22. The van der Waals surface area contributed by atoms with E-state index in [4.69, 9.17) is 9.29 Å². The van der Waals surface area contributed by atoms with Gasteiger partial charge in [-0.05, 0) is 11.8 Å². The molecule has 0 aliphatic rings. The van der Waals surface area contributed by atoms with Crippen molar-refractivity contribution in [3.63, 3.8) is 0 Å². The Morgan fingerprint density at radius 3 is 2.24 bits per heavy atom. The molecule has 21 heavy (non-hydrogen) atoms. The van der Waals surface area contributed by atoms with Crippen molar-refractivity contribution < 1.29 is 37.8 Å². The summed E-state index contributed by atoms with van der Waals surface area (Å²) in [6.07, 6.45) is 2.49. The van der Waals surface area contributed by atoms with Gasteiger partial charge in [0.1, 0.15) is 0 Å². The fourth-order valence-electron chi connectivity index (χ4n) is 1.22. The van der Waals surface area contributed by atoms with Crippen LogP contribution in [-0.4, -0.2) is 31.3 Å². The molecule has 0 saturated heterocycles. The third-order valence-corrected chi connectivity index (χ3v) is 1.96. The Hall–Kier alpha value is -1.27. The molecular formula is C14H17IrNO4S-2. The Balaban J connectivity index is 0. The van der Waals surface area contributed by atoms with Gasteiger partial charge in [0, 0.05) is 32.1 Å². The summed E-state index contributed by atoms with van der Waals surface area (Å²) in [6.45, 7) is 0. The van der Waals surface area contributed by atoms with Crippen LogP contribution in [0.3, 0.4) is 0 Å². The molecule has 0 saturated carbocycles. The minimum atomic E-state index is -3.67. The summed E-state index contributed by atoms with van der Waals surface area (Å²) in [4.78, 5) is 4.23. The summed E-state index contributed by atoms with van der Waals surface area (Å²) < 4.78 is 30.9. The van der Waals surface area contributed by atoms with E-state index >= 15 is 0 Å². The van der Waals surface area contributed by atoms with Crippen molar-refractivity contribution in [2.24, 2.45) is 0 Å². The maximum Gasteiger partial charge on any atom is 0.261 e. The first-order chi connectivity index (χ1) is 8.90. The summed E-state index contributed by atoms with van der Waals surface area (Å²) >= 11 is 0. The molecule has 0 aliphatic carbocycles. The zero-order chi connectivity index (χ0) is 14.3. The molecule has 0 amide bonds. The molecule has 1 aromatic heterocycles. The standard InChI is InChI=1S/C12H10NO.CH4O3S.CH3.Ir/c1-14-11-7-5-10(6-8-11)12-4-2-3-9-13-12;1-5(2,3)4;;/h2-5,7-9H,1H3;1H3,(H,2,3,4);1H3;/q-1;;-1;. The Kier molecular flexibility index (Phi) is 11.0. The van der Waals surface area contributed by atoms with Crippen molar-refractivity contribution in [3.05, 3.63) is 56.1 Å². The van der Waals surface area contributed by atoms with Crippen LogP contribution in [0.2, 0.25) is 0 Å². The van der Waals surface area contributed by atoms with Gasteiger partial charge in [0.25, 0.3) is 10.1 Å². The third-order valence-electron chi connectivity index (χ3n) is 1.96. The van der Waals surface area contributed by atoms with Gasteiger partial charge in [-0.15, -0.1) is 29.8 Å². The Morgan fingerprint density at radius 2 is 1.86 bits per heavy atom. The molecule has 0 spiro atoms. The second kappa shape index (κ2) is 10.5. The topological polar surface area (TPSA) is 76.5 Å². The first kappa shape index (κ1) is 22.0. The summed E-state index contributed by atoms with van der Waals surface area (Å²) in [6, 6.07) is 14.6. The number of benzene rings is 1. The monoisotopic (exact) mass is 488 g/mol. The number of rotatable bonds is 2. The van der Waals surface area contributed by atoms with Gasteiger partial charge >= 0.3 is 0 Å². The third kappa shape index (κ3) is 10.1. The van der Waals surface area contributed by atoms with Gasteiger partial charge in [0.05, 0.1) is 13.4 Å². The molecule has 7 heteroatoms. The maximum absolute atomic E-state index is 9.19. The Morgan fingerprint density at radius 1 is 1.24 bits per heavy atom. The molecule has 2 rings (SSSR count). The van der Waals surface area contributed by atoms with E-state index in [0.717, 1.165) is 17.0 Å². The van der Waals surface area contributed by atoms with E-state index in [9.17, 15) is 8.42 Å². The van der Waals surface area contributed by atoms with E-state index in [0.29, 0.717) is 6.26 Å². The van der Waals surface area contributed by atoms with Crippen LogP contribution in [0, 0.1) is 13.5 Å². The van der Waals surface area contributed by atoms with Gasteiger partial charge in [-0.2, -0.15) is 8.42 Å². The molecule has 0 atom stereocenters. The van der Waals surface area contributed by atoms with Crippen LogP contribution in [0.15, 0.2) is 42.6 Å². The van der Waals surface area contributed by atoms with Crippen LogP contribution < -0.4 is 4.74 Å². The average Bonchev–Trinajstić information content (AvgIpc) is 2.38. The van der Waals surface area contributed by atoms with E-state index in [-0.39, 0.29) is 27.5 Å². The van der Waals surface area contributed by atoms with Gasteiger partial charge in [0.2, 0.25) is 0 Å². The molecule has 1 N–H and O–H groups in total. The van der Waals surface area contributed by atoms with E-state index in [1.165, 1.54) is 0 Å². The van der Waals surface area contributed by atoms with Crippen molar-refractivity contribution in [1.82, 2.24) is 4.98 Å². The average molecular weight is 488 g/mol. The fraction of sp³-hybridized carbons (Fsp3) is 0.143. The number of aromatic nitrogens is 1. The second-order valence-electron chi connectivity index (χ2n) is 3.59.